The molecule has 0 saturated heterocycles. The summed E-state index contributed by atoms with van der Waals surface area (Å²) in [6.45, 7) is 1.36. The number of hydrogen-bond acceptors (Lipinski definition) is 7. The molecule has 0 atom stereocenters. The lowest BCUT2D eigenvalue weighted by Crippen LogP contribution is -2.17. The summed E-state index contributed by atoms with van der Waals surface area (Å²) in [5, 5.41) is 2.68. The summed E-state index contributed by atoms with van der Waals surface area (Å²) in [5.74, 6) is -0.862. The van der Waals surface area contributed by atoms with Gasteiger partial charge in [0.1, 0.15) is 22.8 Å². The predicted molar refractivity (Wildman–Crippen MR) is 118 cm³/mol. The van der Waals surface area contributed by atoms with Crippen LogP contribution in [-0.4, -0.2) is 35.1 Å². The van der Waals surface area contributed by atoms with Crippen LogP contribution in [0.15, 0.2) is 48.8 Å². The number of Topliss-reactive ketones (excluding diaryl/α,β-unsaturated/α-hetero) is 1. The molecular formula is C24H20F3N3O5. The van der Waals surface area contributed by atoms with Crippen LogP contribution < -0.4 is 19.5 Å². The molecule has 1 fully saturated rings. The number of rotatable bonds is 8. The molecule has 8 nitrogen and oxygen atoms in total. The third kappa shape index (κ3) is 6.05. The van der Waals surface area contributed by atoms with E-state index in [1.807, 2.05) is 0 Å². The van der Waals surface area contributed by atoms with Crippen LogP contribution in [0, 0.1) is 0 Å². The zero-order chi connectivity index (χ0) is 25.2. The minimum Gasteiger partial charge on any atom is -0.493 e. The molecule has 2 aromatic heterocycles. The van der Waals surface area contributed by atoms with Crippen LogP contribution in [0.25, 0.3) is 0 Å². The first-order valence-electron chi connectivity index (χ1n) is 10.5. The topological polar surface area (TPSA) is 99.6 Å². The minimum absolute atomic E-state index is 0.0249. The van der Waals surface area contributed by atoms with Crippen LogP contribution >= 0.6 is 0 Å². The summed E-state index contributed by atoms with van der Waals surface area (Å²) >= 11 is 0. The van der Waals surface area contributed by atoms with Crippen molar-refractivity contribution in [3.8, 4) is 23.0 Å². The van der Waals surface area contributed by atoms with Gasteiger partial charge in [-0.15, -0.1) is 13.2 Å². The van der Waals surface area contributed by atoms with Gasteiger partial charge < -0.3 is 19.5 Å². The highest BCUT2D eigenvalue weighted by molar-refractivity contribution is 6.06. The molecule has 4 rings (SSSR count). The fraction of sp³-hybridized carbons (Fsp3) is 0.250. The molecule has 1 N–H and O–H groups in total. The number of methoxy groups -OCH3 is 1. The number of ketones is 1. The van der Waals surface area contributed by atoms with Crippen molar-refractivity contribution in [3.63, 3.8) is 0 Å². The summed E-state index contributed by atoms with van der Waals surface area (Å²) in [5.41, 5.74) is 1.34. The van der Waals surface area contributed by atoms with E-state index in [1.165, 1.54) is 44.6 Å². The zero-order valence-corrected chi connectivity index (χ0v) is 18.7. The highest BCUT2D eigenvalue weighted by atomic mass is 19.4. The Labute approximate surface area is 198 Å². The van der Waals surface area contributed by atoms with E-state index in [2.05, 4.69) is 20.0 Å². The number of nitrogens with one attached hydrogen (secondary N) is 1. The number of carbonyl (C=O) groups excluding carboxylic acids is 2. The fourth-order valence-corrected chi connectivity index (χ4v) is 3.26. The maximum absolute atomic E-state index is 13.1. The lowest BCUT2D eigenvalue weighted by molar-refractivity contribution is -0.274. The van der Waals surface area contributed by atoms with Crippen LogP contribution in [0.3, 0.4) is 0 Å². The molecule has 1 amide bonds. The number of nitrogens with zero attached hydrogens (tertiary/aromatic N) is 2. The summed E-state index contributed by atoms with van der Waals surface area (Å²) in [6, 6.07) is 7.95. The number of benzene rings is 1. The van der Waals surface area contributed by atoms with E-state index in [0.29, 0.717) is 5.69 Å². The second-order valence-electron chi connectivity index (χ2n) is 7.78. The van der Waals surface area contributed by atoms with Crippen molar-refractivity contribution in [2.75, 3.05) is 12.4 Å². The van der Waals surface area contributed by atoms with Crippen LogP contribution in [0.2, 0.25) is 0 Å². The lowest BCUT2D eigenvalue weighted by atomic mass is 10.1. The second kappa shape index (κ2) is 9.61. The van der Waals surface area contributed by atoms with E-state index in [-0.39, 0.29) is 40.2 Å². The molecule has 2 heterocycles. The lowest BCUT2D eigenvalue weighted by Gasteiger charge is -2.16. The molecular weight excluding hydrogens is 467 g/mol. The van der Waals surface area contributed by atoms with E-state index in [4.69, 9.17) is 9.47 Å². The molecule has 0 unspecified atom stereocenters. The highest BCUT2D eigenvalue weighted by Gasteiger charge is 2.32. The Balaban J connectivity index is 1.64. The monoisotopic (exact) mass is 487 g/mol. The average molecular weight is 487 g/mol. The number of pyridine rings is 2. The van der Waals surface area contributed by atoms with Crippen molar-refractivity contribution >= 4 is 17.4 Å². The van der Waals surface area contributed by atoms with Crippen molar-refractivity contribution in [2.45, 2.75) is 32.0 Å². The Hall–Kier alpha value is -4.15. The van der Waals surface area contributed by atoms with Gasteiger partial charge in [0.25, 0.3) is 5.91 Å². The number of anilines is 1. The number of carbonyl (C=O) groups is 2. The van der Waals surface area contributed by atoms with E-state index in [1.54, 1.807) is 6.07 Å². The molecule has 0 radical (unpaired) electrons. The van der Waals surface area contributed by atoms with Gasteiger partial charge in [0.05, 0.1) is 7.11 Å². The summed E-state index contributed by atoms with van der Waals surface area (Å²) in [6.07, 6.45) is -0.185. The third-order valence-electron chi connectivity index (χ3n) is 5.09. The second-order valence-corrected chi connectivity index (χ2v) is 7.78. The normalized spacial score (nSPS) is 13.2. The molecule has 0 aliphatic heterocycles. The number of amides is 1. The highest BCUT2D eigenvalue weighted by Crippen LogP contribution is 2.42. The predicted octanol–water partition coefficient (Wildman–Crippen LogP) is 5.51. The zero-order valence-electron chi connectivity index (χ0n) is 18.7. The van der Waals surface area contributed by atoms with Crippen molar-refractivity contribution in [1.82, 2.24) is 9.97 Å². The minimum atomic E-state index is -4.86. The van der Waals surface area contributed by atoms with Gasteiger partial charge in [-0.2, -0.15) is 0 Å². The molecule has 11 heteroatoms. The van der Waals surface area contributed by atoms with Crippen LogP contribution in [0.4, 0.5) is 18.9 Å². The number of halogens is 3. The smallest absolute Gasteiger partial charge is 0.493 e. The summed E-state index contributed by atoms with van der Waals surface area (Å²) in [7, 11) is 1.27. The SMILES string of the molecule is COc1cc(OC(F)(F)F)ccc1Oc1cc(C2CC2)ncc1C(=O)Nc1ccnc(C(C)=O)c1. The van der Waals surface area contributed by atoms with Gasteiger partial charge in [0.2, 0.25) is 0 Å². The van der Waals surface area contributed by atoms with Gasteiger partial charge in [0.15, 0.2) is 17.3 Å². The van der Waals surface area contributed by atoms with Crippen molar-refractivity contribution < 1.29 is 37.0 Å². The fourth-order valence-electron chi connectivity index (χ4n) is 3.26. The maximum Gasteiger partial charge on any atom is 0.573 e. The molecule has 3 aromatic rings. The van der Waals surface area contributed by atoms with E-state index < -0.39 is 18.0 Å². The molecule has 1 aliphatic rings. The first-order valence-corrected chi connectivity index (χ1v) is 10.5. The number of hydrogen-bond donors (Lipinski definition) is 1. The largest absolute Gasteiger partial charge is 0.573 e. The van der Waals surface area contributed by atoms with Crippen molar-refractivity contribution in [1.29, 1.82) is 0 Å². The van der Waals surface area contributed by atoms with E-state index >= 15 is 0 Å². The third-order valence-corrected chi connectivity index (χ3v) is 5.09. The molecule has 35 heavy (non-hydrogen) atoms. The molecule has 182 valence electrons. The van der Waals surface area contributed by atoms with Gasteiger partial charge in [-0.1, -0.05) is 0 Å². The Morgan fingerprint density at radius 2 is 1.80 bits per heavy atom. The van der Waals surface area contributed by atoms with Crippen molar-refractivity contribution in [3.05, 3.63) is 65.7 Å². The summed E-state index contributed by atoms with van der Waals surface area (Å²) in [4.78, 5) is 33.0. The van der Waals surface area contributed by atoms with Crippen LogP contribution in [0.1, 0.15) is 52.2 Å². The first-order chi connectivity index (χ1) is 16.6. The molecule has 1 saturated carbocycles. The average Bonchev–Trinajstić information content (AvgIpc) is 3.64. The molecule has 1 aromatic carbocycles. The summed E-state index contributed by atoms with van der Waals surface area (Å²) < 4.78 is 52.7. The Morgan fingerprint density at radius 1 is 1.03 bits per heavy atom. The van der Waals surface area contributed by atoms with E-state index in [0.717, 1.165) is 30.7 Å². The molecule has 0 bridgehead atoms. The van der Waals surface area contributed by atoms with Crippen LogP contribution in [-0.2, 0) is 0 Å². The van der Waals surface area contributed by atoms with Gasteiger partial charge in [0, 0.05) is 48.7 Å². The quantitative estimate of drug-likeness (QED) is 0.418. The molecule has 0 spiro atoms. The Kier molecular flexibility index (Phi) is 6.59. The molecule has 1 aliphatic carbocycles. The number of alkyl halides is 3. The van der Waals surface area contributed by atoms with Gasteiger partial charge in [-0.05, 0) is 37.1 Å². The van der Waals surface area contributed by atoms with E-state index in [9.17, 15) is 22.8 Å². The van der Waals surface area contributed by atoms with Crippen molar-refractivity contribution in [2.24, 2.45) is 0 Å². The van der Waals surface area contributed by atoms with Gasteiger partial charge in [-0.3, -0.25) is 19.6 Å². The Bertz CT molecular complexity index is 1280. The van der Waals surface area contributed by atoms with Gasteiger partial charge >= 0.3 is 6.36 Å². The standard InChI is InChI=1S/C24H20F3N3O5/c1-13(31)18-9-15(7-8-28-18)30-23(32)17-12-29-19(14-3-4-14)11-21(17)34-20-6-5-16(10-22(20)33-2)35-24(25,26)27/h5-12,14H,3-4H2,1-2H3,(H,28,30,32). The Morgan fingerprint density at radius 3 is 2.46 bits per heavy atom. The number of aromatic nitrogens is 2. The first kappa shape index (κ1) is 24.0. The van der Waals surface area contributed by atoms with Gasteiger partial charge in [-0.25, -0.2) is 0 Å². The van der Waals surface area contributed by atoms with Crippen LogP contribution in [0.5, 0.6) is 23.0 Å². The maximum atomic E-state index is 13.1. The number of ether oxygens (including phenoxy) is 3.